The molecular weight excluding hydrogens is 504 g/mol. The number of nitrogens with one attached hydrogen (secondary N) is 4. The van der Waals surface area contributed by atoms with Gasteiger partial charge in [0.25, 0.3) is 0 Å². The molecule has 36 heavy (non-hydrogen) atoms. The van der Waals surface area contributed by atoms with Gasteiger partial charge in [-0.25, -0.2) is 13.1 Å². The molecule has 0 aliphatic heterocycles. The minimum Gasteiger partial charge on any atom is -0.395 e. The lowest BCUT2D eigenvalue weighted by Crippen LogP contribution is -2.26. The minimum atomic E-state index is -3.70. The third-order valence-corrected chi connectivity index (χ3v) is 7.27. The molecule has 6 N–H and O–H groups in total. The van der Waals surface area contributed by atoms with Crippen LogP contribution in [0.3, 0.4) is 0 Å². The first kappa shape index (κ1) is 25.8. The molecule has 0 saturated carbocycles. The van der Waals surface area contributed by atoms with Crippen LogP contribution in [0.15, 0.2) is 64.5 Å². The molecule has 0 unspecified atom stereocenters. The van der Waals surface area contributed by atoms with Crippen molar-refractivity contribution in [3.05, 3.63) is 54.7 Å². The Bertz CT molecular complexity index is 1410. The van der Waals surface area contributed by atoms with Crippen LogP contribution in [0.5, 0.6) is 0 Å². The van der Waals surface area contributed by atoms with Gasteiger partial charge in [0.15, 0.2) is 5.65 Å². The predicted molar refractivity (Wildman–Crippen MR) is 139 cm³/mol. The van der Waals surface area contributed by atoms with E-state index in [4.69, 9.17) is 10.2 Å². The molecule has 4 rings (SSSR count). The monoisotopic (exact) mass is 530 g/mol. The van der Waals surface area contributed by atoms with E-state index in [2.05, 4.69) is 35.1 Å². The lowest BCUT2D eigenvalue weighted by Gasteiger charge is -2.11. The Hall–Kier alpha value is -3.27. The van der Waals surface area contributed by atoms with E-state index in [0.29, 0.717) is 29.6 Å². The first-order chi connectivity index (χ1) is 17.4. The number of benzene rings is 2. The quantitative estimate of drug-likeness (QED) is 0.117. The number of hydrogen-bond donors (Lipinski definition) is 6. The Kier molecular flexibility index (Phi) is 8.35. The summed E-state index contributed by atoms with van der Waals surface area (Å²) in [4.78, 5) is 10.2. The molecule has 0 aliphatic carbocycles. The zero-order valence-corrected chi connectivity index (χ0v) is 21.0. The summed E-state index contributed by atoms with van der Waals surface area (Å²) >= 11 is 1.44. The Morgan fingerprint density at radius 2 is 1.58 bits per heavy atom. The fraction of sp³-hybridized carbons (Fsp3) is 0.227. The van der Waals surface area contributed by atoms with E-state index in [-0.39, 0.29) is 24.7 Å². The maximum atomic E-state index is 12.2. The highest BCUT2D eigenvalue weighted by Gasteiger charge is 2.15. The van der Waals surface area contributed by atoms with E-state index in [1.807, 2.05) is 24.3 Å². The number of aryl methyl sites for hydroxylation is 1. The topological polar surface area (TPSA) is 166 Å². The van der Waals surface area contributed by atoms with Gasteiger partial charge in [0, 0.05) is 36.4 Å². The predicted octanol–water partition coefficient (Wildman–Crippen LogP) is 1.71. The number of aromatic nitrogens is 4. The molecule has 0 spiro atoms. The Labute approximate surface area is 212 Å². The standard InChI is InChI=1S/C22H26N8O4S2/c1-30-21-19(14-23-30)20(26-15-2-6-17(7-3-15)35-24-10-12-31)28-22(29-21)27-16-4-8-18(9-5-16)36(33,34)25-11-13-32/h2-9,14,24-25,31-32H,10-13H2,1H3,(H2,26,27,28,29). The van der Waals surface area contributed by atoms with Gasteiger partial charge in [-0.2, -0.15) is 15.1 Å². The summed E-state index contributed by atoms with van der Waals surface area (Å²) in [6.45, 7) is 0.231. The number of fused-ring (bicyclic) bond motifs is 1. The Morgan fingerprint density at radius 1 is 0.917 bits per heavy atom. The van der Waals surface area contributed by atoms with Crippen LogP contribution < -0.4 is 20.1 Å². The van der Waals surface area contributed by atoms with Crippen LogP contribution in [-0.4, -0.2) is 64.7 Å². The molecule has 190 valence electrons. The third kappa shape index (κ3) is 6.29. The molecule has 0 amide bonds. The summed E-state index contributed by atoms with van der Waals surface area (Å²) in [7, 11) is -1.91. The number of nitrogens with zero attached hydrogens (tertiary/aromatic N) is 4. The van der Waals surface area contributed by atoms with Crippen molar-refractivity contribution < 1.29 is 18.6 Å². The van der Waals surface area contributed by atoms with E-state index in [1.54, 1.807) is 30.1 Å². The summed E-state index contributed by atoms with van der Waals surface area (Å²) in [6, 6.07) is 13.9. The molecule has 2 aromatic carbocycles. The summed E-state index contributed by atoms with van der Waals surface area (Å²) in [5, 5.41) is 29.2. The van der Waals surface area contributed by atoms with Crippen molar-refractivity contribution in [1.29, 1.82) is 0 Å². The van der Waals surface area contributed by atoms with Crippen molar-refractivity contribution in [2.24, 2.45) is 7.05 Å². The van der Waals surface area contributed by atoms with Gasteiger partial charge >= 0.3 is 0 Å². The van der Waals surface area contributed by atoms with Crippen molar-refractivity contribution in [3.8, 4) is 0 Å². The van der Waals surface area contributed by atoms with Gasteiger partial charge < -0.3 is 20.8 Å². The fourth-order valence-electron chi connectivity index (χ4n) is 3.21. The number of sulfonamides is 1. The van der Waals surface area contributed by atoms with Crippen LogP contribution in [0.4, 0.5) is 23.1 Å². The normalized spacial score (nSPS) is 11.6. The average Bonchev–Trinajstić information content (AvgIpc) is 3.25. The van der Waals surface area contributed by atoms with Crippen LogP contribution in [0.2, 0.25) is 0 Å². The highest BCUT2D eigenvalue weighted by atomic mass is 32.2. The molecule has 0 bridgehead atoms. The Balaban J connectivity index is 1.54. The first-order valence-corrected chi connectivity index (χ1v) is 13.2. The van der Waals surface area contributed by atoms with Crippen molar-refractivity contribution in [3.63, 3.8) is 0 Å². The van der Waals surface area contributed by atoms with Crippen molar-refractivity contribution in [2.75, 3.05) is 36.9 Å². The van der Waals surface area contributed by atoms with Gasteiger partial charge in [0.05, 0.1) is 29.7 Å². The second-order valence-corrected chi connectivity index (χ2v) is 10.3. The van der Waals surface area contributed by atoms with E-state index in [1.165, 1.54) is 24.1 Å². The summed E-state index contributed by atoms with van der Waals surface area (Å²) < 4.78 is 31.4. The zero-order chi connectivity index (χ0) is 25.5. The van der Waals surface area contributed by atoms with Gasteiger partial charge in [0.1, 0.15) is 5.82 Å². The van der Waals surface area contributed by atoms with Gasteiger partial charge in [-0.1, -0.05) is 0 Å². The molecule has 4 aromatic rings. The maximum absolute atomic E-state index is 12.2. The molecule has 0 aliphatic rings. The van der Waals surface area contributed by atoms with Crippen LogP contribution in [0, 0.1) is 0 Å². The largest absolute Gasteiger partial charge is 0.395 e. The minimum absolute atomic E-state index is 0.0567. The van der Waals surface area contributed by atoms with Crippen LogP contribution in [0.1, 0.15) is 0 Å². The molecule has 14 heteroatoms. The lowest BCUT2D eigenvalue weighted by atomic mass is 10.3. The van der Waals surface area contributed by atoms with E-state index >= 15 is 0 Å². The van der Waals surface area contributed by atoms with Crippen molar-refractivity contribution in [2.45, 2.75) is 9.79 Å². The smallest absolute Gasteiger partial charge is 0.240 e. The van der Waals surface area contributed by atoms with Gasteiger partial charge in [-0.15, -0.1) is 0 Å². The first-order valence-electron chi connectivity index (χ1n) is 10.9. The number of rotatable bonds is 12. The van der Waals surface area contributed by atoms with Gasteiger partial charge in [-0.3, -0.25) is 9.40 Å². The number of hydrogen-bond acceptors (Lipinski definition) is 11. The third-order valence-electron chi connectivity index (χ3n) is 4.94. The van der Waals surface area contributed by atoms with Gasteiger partial charge in [-0.05, 0) is 60.5 Å². The molecule has 0 radical (unpaired) electrons. The molecule has 0 fully saturated rings. The van der Waals surface area contributed by atoms with Crippen molar-refractivity contribution in [1.82, 2.24) is 29.2 Å². The molecular formula is C22H26N8O4S2. The highest BCUT2D eigenvalue weighted by molar-refractivity contribution is 7.97. The second kappa shape index (κ2) is 11.6. The molecule has 2 heterocycles. The molecule has 0 saturated heterocycles. The van der Waals surface area contributed by atoms with Crippen molar-refractivity contribution >= 4 is 56.1 Å². The summed E-state index contributed by atoms with van der Waals surface area (Å²) in [5.41, 5.74) is 2.03. The molecule has 0 atom stereocenters. The average molecular weight is 531 g/mol. The Morgan fingerprint density at radius 3 is 2.28 bits per heavy atom. The second-order valence-electron chi connectivity index (χ2n) is 7.54. The highest BCUT2D eigenvalue weighted by Crippen LogP contribution is 2.27. The van der Waals surface area contributed by atoms with Crippen LogP contribution in [0.25, 0.3) is 11.0 Å². The zero-order valence-electron chi connectivity index (χ0n) is 19.3. The summed E-state index contributed by atoms with van der Waals surface area (Å²) in [6.07, 6.45) is 1.68. The van der Waals surface area contributed by atoms with E-state index in [0.717, 1.165) is 16.0 Å². The number of aliphatic hydroxyl groups excluding tert-OH is 2. The lowest BCUT2D eigenvalue weighted by molar-refractivity contribution is 0.301. The molecule has 12 nitrogen and oxygen atoms in total. The SMILES string of the molecule is Cn1ncc2c(Nc3ccc(SNCCO)cc3)nc(Nc3ccc(S(=O)(=O)NCCO)cc3)nc21. The maximum Gasteiger partial charge on any atom is 0.240 e. The number of anilines is 4. The van der Waals surface area contributed by atoms with Gasteiger partial charge in [0.2, 0.25) is 16.0 Å². The fourth-order valence-corrected chi connectivity index (χ4v) is 4.86. The van der Waals surface area contributed by atoms with Crippen LogP contribution >= 0.6 is 11.9 Å². The van der Waals surface area contributed by atoms with Crippen LogP contribution in [-0.2, 0) is 17.1 Å². The number of aliphatic hydroxyl groups is 2. The van der Waals surface area contributed by atoms with E-state index in [9.17, 15) is 8.42 Å². The molecule has 2 aromatic heterocycles. The van der Waals surface area contributed by atoms with E-state index < -0.39 is 10.0 Å². The summed E-state index contributed by atoms with van der Waals surface area (Å²) in [5.74, 6) is 0.866.